The third kappa shape index (κ3) is 3.83. The van der Waals surface area contributed by atoms with Crippen LogP contribution in [0, 0.1) is 5.82 Å². The van der Waals surface area contributed by atoms with E-state index in [2.05, 4.69) is 5.32 Å². The van der Waals surface area contributed by atoms with Crippen LogP contribution in [0.3, 0.4) is 0 Å². The number of carbonyl (C=O) groups excluding carboxylic acids is 2. The molecule has 26 heavy (non-hydrogen) atoms. The molecule has 2 aromatic carbocycles. The number of rotatable bonds is 5. The molecular formula is C19H20FN3O3. The topological polar surface area (TPSA) is 84.7 Å². The number of carbonyl (C=O) groups is 2. The molecule has 0 bridgehead atoms. The van der Waals surface area contributed by atoms with Crippen LogP contribution in [0.1, 0.15) is 12.5 Å². The summed E-state index contributed by atoms with van der Waals surface area (Å²) in [5, 5.41) is 2.61. The van der Waals surface area contributed by atoms with E-state index >= 15 is 0 Å². The molecule has 1 aliphatic heterocycles. The van der Waals surface area contributed by atoms with Crippen molar-refractivity contribution in [3.05, 3.63) is 53.8 Å². The second-order valence-electron chi connectivity index (χ2n) is 6.12. The van der Waals surface area contributed by atoms with Gasteiger partial charge in [0.05, 0.1) is 18.8 Å². The molecule has 0 aliphatic carbocycles. The summed E-state index contributed by atoms with van der Waals surface area (Å²) in [6.45, 7) is 2.30. The molecule has 1 aliphatic rings. The molecule has 1 saturated heterocycles. The van der Waals surface area contributed by atoms with E-state index in [1.165, 1.54) is 17.9 Å². The maximum absolute atomic E-state index is 14.6. The molecule has 0 unspecified atom stereocenters. The number of nitrogens with zero attached hydrogens (tertiary/aromatic N) is 1. The Bertz CT molecular complexity index is 823. The molecule has 3 rings (SSSR count). The highest BCUT2D eigenvalue weighted by molar-refractivity contribution is 5.90. The predicted octanol–water partition coefficient (Wildman–Crippen LogP) is 2.41. The van der Waals surface area contributed by atoms with Crippen LogP contribution in [-0.4, -0.2) is 31.2 Å². The third-order valence-electron chi connectivity index (χ3n) is 4.22. The summed E-state index contributed by atoms with van der Waals surface area (Å²) < 4.78 is 19.8. The normalized spacial score (nSPS) is 16.5. The first kappa shape index (κ1) is 17.9. The fourth-order valence-corrected chi connectivity index (χ4v) is 2.82. The lowest BCUT2D eigenvalue weighted by molar-refractivity contribution is -0.119. The van der Waals surface area contributed by atoms with Crippen LogP contribution in [0.4, 0.5) is 14.9 Å². The van der Waals surface area contributed by atoms with Gasteiger partial charge in [-0.15, -0.1) is 0 Å². The van der Waals surface area contributed by atoms with Crippen molar-refractivity contribution >= 4 is 17.7 Å². The van der Waals surface area contributed by atoms with E-state index in [-0.39, 0.29) is 19.0 Å². The number of nitrogens with one attached hydrogen (secondary N) is 1. The summed E-state index contributed by atoms with van der Waals surface area (Å²) in [7, 11) is 0. The van der Waals surface area contributed by atoms with Crippen molar-refractivity contribution in [3.8, 4) is 11.1 Å². The van der Waals surface area contributed by atoms with Gasteiger partial charge in [0, 0.05) is 19.0 Å². The summed E-state index contributed by atoms with van der Waals surface area (Å²) in [5.41, 5.74) is 8.14. The molecule has 1 atom stereocenters. The van der Waals surface area contributed by atoms with Gasteiger partial charge in [0.15, 0.2) is 0 Å². The molecule has 0 aromatic heterocycles. The maximum atomic E-state index is 14.6. The summed E-state index contributed by atoms with van der Waals surface area (Å²) in [4.78, 5) is 24.4. The van der Waals surface area contributed by atoms with Gasteiger partial charge in [-0.25, -0.2) is 9.18 Å². The number of hydrogen-bond acceptors (Lipinski definition) is 4. The number of hydrogen-bond donors (Lipinski definition) is 2. The molecule has 1 fully saturated rings. The van der Waals surface area contributed by atoms with Crippen LogP contribution < -0.4 is 16.0 Å². The Hall–Kier alpha value is -2.93. The fraction of sp³-hybridized carbons (Fsp3) is 0.263. The van der Waals surface area contributed by atoms with E-state index in [0.29, 0.717) is 17.8 Å². The molecule has 0 saturated carbocycles. The van der Waals surface area contributed by atoms with Crippen LogP contribution in [0.2, 0.25) is 0 Å². The molecular weight excluding hydrogens is 337 g/mol. The molecule has 0 spiro atoms. The summed E-state index contributed by atoms with van der Waals surface area (Å²) >= 11 is 0. The smallest absolute Gasteiger partial charge is 0.414 e. The summed E-state index contributed by atoms with van der Waals surface area (Å²) in [5.74, 6) is -0.628. The Morgan fingerprint density at radius 2 is 2.04 bits per heavy atom. The van der Waals surface area contributed by atoms with Gasteiger partial charge >= 0.3 is 6.09 Å². The van der Waals surface area contributed by atoms with Gasteiger partial charge in [0.25, 0.3) is 0 Å². The lowest BCUT2D eigenvalue weighted by Gasteiger charge is -2.14. The van der Waals surface area contributed by atoms with Crippen molar-refractivity contribution in [2.24, 2.45) is 5.73 Å². The maximum Gasteiger partial charge on any atom is 0.414 e. The fourth-order valence-electron chi connectivity index (χ4n) is 2.82. The molecule has 2 aromatic rings. The number of anilines is 1. The number of halogens is 1. The summed E-state index contributed by atoms with van der Waals surface area (Å²) in [6.07, 6.45) is -1.02. The Morgan fingerprint density at radius 3 is 2.65 bits per heavy atom. The van der Waals surface area contributed by atoms with Gasteiger partial charge in [-0.2, -0.15) is 0 Å². The number of ether oxygens (including phenoxy) is 1. The number of cyclic esters (lactones) is 1. The zero-order valence-electron chi connectivity index (χ0n) is 14.4. The van der Waals surface area contributed by atoms with Gasteiger partial charge in [-0.05, 0) is 29.3 Å². The predicted molar refractivity (Wildman–Crippen MR) is 96.0 cm³/mol. The monoisotopic (exact) mass is 357 g/mol. The van der Waals surface area contributed by atoms with Crippen LogP contribution in [0.25, 0.3) is 11.1 Å². The van der Waals surface area contributed by atoms with Gasteiger partial charge in [0.1, 0.15) is 11.9 Å². The van der Waals surface area contributed by atoms with E-state index in [0.717, 1.165) is 11.1 Å². The van der Waals surface area contributed by atoms with Gasteiger partial charge in [0.2, 0.25) is 5.91 Å². The van der Waals surface area contributed by atoms with Gasteiger partial charge in [-0.3, -0.25) is 9.69 Å². The molecule has 1 heterocycles. The van der Waals surface area contributed by atoms with E-state index in [1.807, 2.05) is 24.3 Å². The number of amides is 2. The molecule has 6 nitrogen and oxygen atoms in total. The number of nitrogens with two attached hydrogens (primary N) is 1. The van der Waals surface area contributed by atoms with Gasteiger partial charge in [-0.1, -0.05) is 24.3 Å². The van der Waals surface area contributed by atoms with Gasteiger partial charge < -0.3 is 15.8 Å². The van der Waals surface area contributed by atoms with Crippen molar-refractivity contribution < 1.29 is 18.7 Å². The zero-order valence-corrected chi connectivity index (χ0v) is 14.4. The Kier molecular flexibility index (Phi) is 5.18. The minimum atomic E-state index is -0.556. The molecule has 0 radical (unpaired) electrons. The highest BCUT2D eigenvalue weighted by atomic mass is 19.1. The highest BCUT2D eigenvalue weighted by Gasteiger charge is 2.32. The van der Waals surface area contributed by atoms with Crippen molar-refractivity contribution in [2.75, 3.05) is 18.0 Å². The van der Waals surface area contributed by atoms with E-state index in [4.69, 9.17) is 10.5 Å². The van der Waals surface area contributed by atoms with Crippen LogP contribution >= 0.6 is 0 Å². The second kappa shape index (κ2) is 7.53. The molecule has 136 valence electrons. The SMILES string of the molecule is CC(=O)NC[C@H]1CN(c2ccc(-c3ccc(CN)cc3)c(F)c2)C(=O)O1. The van der Waals surface area contributed by atoms with Crippen LogP contribution in [-0.2, 0) is 16.1 Å². The zero-order chi connectivity index (χ0) is 18.7. The van der Waals surface area contributed by atoms with Crippen molar-refractivity contribution in [1.29, 1.82) is 0 Å². The Morgan fingerprint density at radius 1 is 1.31 bits per heavy atom. The standard InChI is InChI=1S/C19H20FN3O3/c1-12(24)22-10-16-11-23(19(25)26-16)15-6-7-17(18(20)8-15)14-4-2-13(9-21)3-5-14/h2-8,16H,9-11,21H2,1H3,(H,22,24)/t16-/m0/s1. The average molecular weight is 357 g/mol. The first-order valence-electron chi connectivity index (χ1n) is 8.29. The van der Waals surface area contributed by atoms with E-state index in [1.54, 1.807) is 12.1 Å². The van der Waals surface area contributed by atoms with Crippen LogP contribution in [0.15, 0.2) is 42.5 Å². The van der Waals surface area contributed by atoms with Crippen molar-refractivity contribution in [2.45, 2.75) is 19.6 Å². The highest BCUT2D eigenvalue weighted by Crippen LogP contribution is 2.29. The lowest BCUT2D eigenvalue weighted by Crippen LogP contribution is -2.33. The second-order valence-corrected chi connectivity index (χ2v) is 6.12. The average Bonchev–Trinajstić information content (AvgIpc) is 3.01. The minimum absolute atomic E-state index is 0.199. The number of benzene rings is 2. The Balaban J connectivity index is 1.76. The summed E-state index contributed by atoms with van der Waals surface area (Å²) in [6, 6.07) is 12.0. The largest absolute Gasteiger partial charge is 0.442 e. The van der Waals surface area contributed by atoms with E-state index in [9.17, 15) is 14.0 Å². The molecule has 3 N–H and O–H groups in total. The first-order valence-corrected chi connectivity index (χ1v) is 8.29. The molecule has 2 amide bonds. The Labute approximate surface area is 150 Å². The first-order chi connectivity index (χ1) is 12.5. The third-order valence-corrected chi connectivity index (χ3v) is 4.22. The quantitative estimate of drug-likeness (QED) is 0.861. The minimum Gasteiger partial charge on any atom is -0.442 e. The van der Waals surface area contributed by atoms with Crippen molar-refractivity contribution in [1.82, 2.24) is 5.32 Å². The van der Waals surface area contributed by atoms with E-state index < -0.39 is 18.0 Å². The molecule has 7 heteroatoms. The lowest BCUT2D eigenvalue weighted by atomic mass is 10.0. The van der Waals surface area contributed by atoms with Crippen LogP contribution in [0.5, 0.6) is 0 Å². The van der Waals surface area contributed by atoms with Crippen molar-refractivity contribution in [3.63, 3.8) is 0 Å².